The Bertz CT molecular complexity index is 311. The maximum Gasteiger partial charge on any atom is 0.344 e. The van der Waals surface area contributed by atoms with Crippen LogP contribution in [0.3, 0.4) is 0 Å². The number of hydrogen-bond donors (Lipinski definition) is 0. The van der Waals surface area contributed by atoms with Crippen molar-refractivity contribution in [3.05, 3.63) is 0 Å². The fourth-order valence-electron chi connectivity index (χ4n) is 1.64. The van der Waals surface area contributed by atoms with Crippen LogP contribution in [0, 0.1) is 11.3 Å². The van der Waals surface area contributed by atoms with Gasteiger partial charge in [-0.25, -0.2) is 9.37 Å². The Balaban J connectivity index is 4.71. The van der Waals surface area contributed by atoms with Crippen molar-refractivity contribution in [3.63, 3.8) is 0 Å². The highest BCUT2D eigenvalue weighted by Crippen LogP contribution is 2.37. The zero-order valence-electron chi connectivity index (χ0n) is 14.9. The minimum Gasteiger partial charge on any atom is -0.310 e. The Kier molecular flexibility index (Phi) is 6.95. The van der Waals surface area contributed by atoms with Gasteiger partial charge in [0.05, 0.1) is 5.92 Å². The maximum atomic E-state index is 12.3. The summed E-state index contributed by atoms with van der Waals surface area (Å²) < 4.78 is 5.60. The third-order valence-electron chi connectivity index (χ3n) is 4.31. The van der Waals surface area contributed by atoms with Gasteiger partial charge in [-0.15, -0.1) is 0 Å². The van der Waals surface area contributed by atoms with Gasteiger partial charge >= 0.3 is 5.97 Å². The molecule has 3 nitrogen and oxygen atoms in total. The summed E-state index contributed by atoms with van der Waals surface area (Å²) in [6.45, 7) is 18.9. The van der Waals surface area contributed by atoms with E-state index in [-0.39, 0.29) is 22.3 Å². The van der Waals surface area contributed by atoms with Crippen LogP contribution in [0.15, 0.2) is 0 Å². The average Bonchev–Trinajstić information content (AvgIpc) is 2.23. The van der Waals surface area contributed by atoms with Crippen molar-refractivity contribution in [2.45, 2.75) is 85.9 Å². The zero-order valence-corrected chi connectivity index (χ0v) is 15.9. The van der Waals surface area contributed by atoms with Gasteiger partial charge in [-0.3, -0.25) is 0 Å². The monoisotopic (exact) mass is 302 g/mol. The normalized spacial score (nSPS) is 15.1. The Morgan fingerprint density at radius 2 is 1.60 bits per heavy atom. The molecule has 20 heavy (non-hydrogen) atoms. The van der Waals surface area contributed by atoms with Gasteiger partial charge in [0, 0.05) is 0 Å². The van der Waals surface area contributed by atoms with Crippen LogP contribution in [0.25, 0.3) is 0 Å². The van der Waals surface area contributed by atoms with Gasteiger partial charge in [0.25, 0.3) is 8.32 Å². The summed E-state index contributed by atoms with van der Waals surface area (Å²) in [6.07, 6.45) is 2.99. The SMILES string of the molecule is CCCCC(C(=O)OO[Si](C)(C)C(C)(C)C)C(C)(C)C. The number of unbranched alkanes of at least 4 members (excludes halogenated alkanes) is 1. The number of hydrogen-bond acceptors (Lipinski definition) is 3. The highest BCUT2D eigenvalue weighted by molar-refractivity contribution is 6.73. The molecule has 0 rings (SSSR count). The lowest BCUT2D eigenvalue weighted by atomic mass is 9.78. The van der Waals surface area contributed by atoms with Crippen molar-refractivity contribution in [1.29, 1.82) is 0 Å². The summed E-state index contributed by atoms with van der Waals surface area (Å²) in [4.78, 5) is 17.6. The maximum absolute atomic E-state index is 12.3. The van der Waals surface area contributed by atoms with Gasteiger partial charge in [-0.05, 0) is 30.0 Å². The predicted octanol–water partition coefficient (Wildman–Crippen LogP) is 5.32. The van der Waals surface area contributed by atoms with Crippen LogP contribution >= 0.6 is 0 Å². The number of rotatable bonds is 6. The first kappa shape index (κ1) is 19.6. The molecule has 0 saturated carbocycles. The third-order valence-corrected chi connectivity index (χ3v) is 8.43. The Morgan fingerprint density at radius 1 is 1.10 bits per heavy atom. The number of carbonyl (C=O) groups excluding carboxylic acids is 1. The molecule has 1 unspecified atom stereocenters. The van der Waals surface area contributed by atoms with E-state index in [9.17, 15) is 4.79 Å². The van der Waals surface area contributed by atoms with E-state index >= 15 is 0 Å². The first-order valence-electron chi connectivity index (χ1n) is 7.72. The van der Waals surface area contributed by atoms with E-state index in [4.69, 9.17) is 9.46 Å². The van der Waals surface area contributed by atoms with Crippen LogP contribution in [0.5, 0.6) is 0 Å². The van der Waals surface area contributed by atoms with Crippen molar-refractivity contribution in [3.8, 4) is 0 Å². The average molecular weight is 303 g/mol. The quantitative estimate of drug-likeness (QED) is 0.378. The summed E-state index contributed by atoms with van der Waals surface area (Å²) in [6, 6.07) is 0. The van der Waals surface area contributed by atoms with E-state index in [1.54, 1.807) is 0 Å². The molecule has 120 valence electrons. The summed E-state index contributed by atoms with van der Waals surface area (Å²) in [7, 11) is -2.05. The van der Waals surface area contributed by atoms with Crippen LogP contribution in [0.2, 0.25) is 18.1 Å². The molecule has 0 bridgehead atoms. The molecule has 0 radical (unpaired) electrons. The van der Waals surface area contributed by atoms with Gasteiger partial charge in [-0.2, -0.15) is 0 Å². The molecule has 0 heterocycles. The first-order valence-corrected chi connectivity index (χ1v) is 10.6. The smallest absolute Gasteiger partial charge is 0.310 e. The van der Waals surface area contributed by atoms with Gasteiger partial charge in [0.1, 0.15) is 0 Å². The van der Waals surface area contributed by atoms with E-state index in [1.165, 1.54) is 0 Å². The molecule has 0 saturated heterocycles. The zero-order chi connectivity index (χ0) is 16.2. The lowest BCUT2D eigenvalue weighted by molar-refractivity contribution is -0.230. The van der Waals surface area contributed by atoms with Crippen LogP contribution in [0.4, 0.5) is 0 Å². The van der Waals surface area contributed by atoms with Crippen molar-refractivity contribution in [2.24, 2.45) is 11.3 Å². The fourth-order valence-corrected chi connectivity index (χ4v) is 2.18. The fraction of sp³-hybridized carbons (Fsp3) is 0.938. The van der Waals surface area contributed by atoms with Crippen molar-refractivity contribution >= 4 is 14.3 Å². The minimum atomic E-state index is -2.05. The van der Waals surface area contributed by atoms with Crippen LogP contribution in [-0.2, 0) is 14.3 Å². The molecular formula is C16H34O3Si. The molecular weight excluding hydrogens is 268 g/mol. The largest absolute Gasteiger partial charge is 0.344 e. The van der Waals surface area contributed by atoms with Gasteiger partial charge in [-0.1, -0.05) is 61.3 Å². The van der Waals surface area contributed by atoms with Crippen LogP contribution in [-0.4, -0.2) is 14.3 Å². The lowest BCUT2D eigenvalue weighted by Gasteiger charge is -2.35. The highest BCUT2D eigenvalue weighted by Gasteiger charge is 2.41. The van der Waals surface area contributed by atoms with E-state index in [1.807, 2.05) is 0 Å². The Morgan fingerprint density at radius 3 is 1.95 bits per heavy atom. The van der Waals surface area contributed by atoms with Gasteiger partial charge < -0.3 is 4.89 Å². The molecule has 0 spiro atoms. The summed E-state index contributed by atoms with van der Waals surface area (Å²) in [5, 5.41) is 0.0356. The van der Waals surface area contributed by atoms with E-state index in [2.05, 4.69) is 61.6 Å². The van der Waals surface area contributed by atoms with E-state index in [0.29, 0.717) is 0 Å². The molecule has 0 fully saturated rings. The molecule has 0 aliphatic heterocycles. The molecule has 1 atom stereocenters. The topological polar surface area (TPSA) is 35.5 Å². The molecule has 4 heteroatoms. The van der Waals surface area contributed by atoms with Crippen molar-refractivity contribution in [1.82, 2.24) is 0 Å². The van der Waals surface area contributed by atoms with Gasteiger partial charge in [0.2, 0.25) is 0 Å². The molecule has 0 N–H and O–H groups in total. The van der Waals surface area contributed by atoms with E-state index < -0.39 is 8.32 Å². The summed E-state index contributed by atoms with van der Waals surface area (Å²) in [5.74, 6) is -0.317. The van der Waals surface area contributed by atoms with Crippen molar-refractivity contribution < 1.29 is 14.3 Å². The van der Waals surface area contributed by atoms with Crippen molar-refractivity contribution in [2.75, 3.05) is 0 Å². The second kappa shape index (κ2) is 7.08. The Hall–Kier alpha value is -0.353. The second-order valence-electron chi connectivity index (χ2n) is 8.31. The standard InChI is InChI=1S/C16H34O3Si/c1-10-11-12-13(15(2,3)4)14(17)18-19-20(8,9)16(5,6)7/h13H,10-12H2,1-9H3. The van der Waals surface area contributed by atoms with E-state index in [0.717, 1.165) is 19.3 Å². The number of carbonyl (C=O) groups is 1. The Labute approximate surface area is 126 Å². The molecule has 0 aliphatic carbocycles. The summed E-state index contributed by atoms with van der Waals surface area (Å²) in [5.41, 5.74) is -0.0942. The predicted molar refractivity (Wildman–Crippen MR) is 86.8 cm³/mol. The van der Waals surface area contributed by atoms with Gasteiger partial charge in [0.15, 0.2) is 0 Å². The van der Waals surface area contributed by atoms with Crippen LogP contribution in [0.1, 0.15) is 67.7 Å². The first-order chi connectivity index (χ1) is 8.83. The molecule has 0 aliphatic rings. The summed E-state index contributed by atoms with van der Waals surface area (Å²) >= 11 is 0. The molecule has 0 amide bonds. The van der Waals surface area contributed by atoms with Crippen LogP contribution < -0.4 is 0 Å². The highest BCUT2D eigenvalue weighted by atomic mass is 28.4. The molecule has 0 aromatic heterocycles. The molecule has 0 aromatic rings. The minimum absolute atomic E-state index is 0.0356. The molecule has 0 aromatic carbocycles. The third kappa shape index (κ3) is 5.96. The lowest BCUT2D eigenvalue weighted by Crippen LogP contribution is -2.42. The second-order valence-corrected chi connectivity index (χ2v) is 13.0.